The van der Waals surface area contributed by atoms with Crippen molar-refractivity contribution in [2.75, 3.05) is 5.33 Å². The topological polar surface area (TPSA) is 26.3 Å². The van der Waals surface area contributed by atoms with Gasteiger partial charge in [-0.2, -0.15) is 0 Å². The van der Waals surface area contributed by atoms with Crippen LogP contribution in [0.2, 0.25) is 0 Å². The Kier molecular flexibility index (Phi) is 15.0. The van der Waals surface area contributed by atoms with E-state index in [2.05, 4.69) is 15.9 Å². The smallest absolute Gasteiger partial charge is 0.306 e. The zero-order valence-corrected chi connectivity index (χ0v) is 17.3. The van der Waals surface area contributed by atoms with E-state index in [9.17, 15) is 4.79 Å². The number of esters is 1. The van der Waals surface area contributed by atoms with Crippen molar-refractivity contribution >= 4 is 21.9 Å². The lowest BCUT2D eigenvalue weighted by Crippen LogP contribution is -2.18. The number of carbonyl (C=O) groups excluding carboxylic acids is 1. The summed E-state index contributed by atoms with van der Waals surface area (Å²) in [6, 6.07) is 0. The van der Waals surface area contributed by atoms with Crippen LogP contribution in [-0.2, 0) is 9.53 Å². The summed E-state index contributed by atoms with van der Waals surface area (Å²) < 4.78 is 5.81. The molecule has 0 amide bonds. The van der Waals surface area contributed by atoms with Crippen molar-refractivity contribution in [3.05, 3.63) is 0 Å². The second-order valence-electron chi connectivity index (χ2n) is 7.43. The highest BCUT2D eigenvalue weighted by Gasteiger charge is 2.14. The van der Waals surface area contributed by atoms with E-state index in [1.165, 1.54) is 77.0 Å². The fraction of sp³-hybridized carbons (Fsp3) is 0.952. The largest absolute Gasteiger partial charge is 0.462 e. The number of halogens is 1. The Morgan fingerprint density at radius 1 is 0.708 bits per heavy atom. The fourth-order valence-electron chi connectivity index (χ4n) is 3.56. The van der Waals surface area contributed by atoms with Crippen LogP contribution in [0, 0.1) is 0 Å². The maximum absolute atomic E-state index is 12.1. The molecule has 0 aromatic rings. The summed E-state index contributed by atoms with van der Waals surface area (Å²) in [4.78, 5) is 12.1. The number of unbranched alkanes of at least 4 members (excludes halogenated alkanes) is 2. The average Bonchev–Trinajstić information content (AvgIpc) is 2.59. The van der Waals surface area contributed by atoms with Crippen molar-refractivity contribution in [1.82, 2.24) is 0 Å². The summed E-state index contributed by atoms with van der Waals surface area (Å²) in [5, 5.41) is 1.03. The maximum Gasteiger partial charge on any atom is 0.306 e. The molecule has 142 valence electrons. The van der Waals surface area contributed by atoms with Gasteiger partial charge in [-0.15, -0.1) is 0 Å². The molecule has 2 nitrogen and oxygen atoms in total. The zero-order chi connectivity index (χ0) is 17.3. The molecule has 0 aromatic carbocycles. The van der Waals surface area contributed by atoms with Crippen LogP contribution in [0.4, 0.5) is 0 Å². The minimum Gasteiger partial charge on any atom is -0.462 e. The summed E-state index contributed by atoms with van der Waals surface area (Å²) >= 11 is 3.44. The molecule has 0 aromatic heterocycles. The van der Waals surface area contributed by atoms with Gasteiger partial charge in [-0.3, -0.25) is 4.79 Å². The monoisotopic (exact) mass is 402 g/mol. The molecular formula is C21H39BrO2. The lowest BCUT2D eigenvalue weighted by molar-refractivity contribution is -0.150. The van der Waals surface area contributed by atoms with Crippen molar-refractivity contribution in [3.63, 3.8) is 0 Å². The predicted molar refractivity (Wildman–Crippen MR) is 107 cm³/mol. The Labute approximate surface area is 158 Å². The summed E-state index contributed by atoms with van der Waals surface area (Å²) in [5.41, 5.74) is 0. The second-order valence-corrected chi connectivity index (χ2v) is 8.22. The highest BCUT2D eigenvalue weighted by molar-refractivity contribution is 9.09. The Morgan fingerprint density at radius 3 is 1.62 bits per heavy atom. The first-order chi connectivity index (χ1) is 11.8. The minimum atomic E-state index is 0.0347. The maximum atomic E-state index is 12.1. The molecule has 0 atom stereocenters. The zero-order valence-electron chi connectivity index (χ0n) is 15.7. The molecule has 0 saturated heterocycles. The van der Waals surface area contributed by atoms with Gasteiger partial charge in [0.1, 0.15) is 6.10 Å². The van der Waals surface area contributed by atoms with Crippen LogP contribution in [0.5, 0.6) is 0 Å². The highest BCUT2D eigenvalue weighted by atomic mass is 79.9. The molecule has 1 rings (SSSR count). The van der Waals surface area contributed by atoms with E-state index in [1.54, 1.807) is 0 Å². The lowest BCUT2D eigenvalue weighted by atomic mass is 10.0. The number of hydrogen-bond acceptors (Lipinski definition) is 2. The molecule has 1 fully saturated rings. The van der Waals surface area contributed by atoms with Gasteiger partial charge in [0.25, 0.3) is 0 Å². The molecule has 0 heterocycles. The van der Waals surface area contributed by atoms with Crippen molar-refractivity contribution in [2.45, 2.75) is 122 Å². The molecule has 0 radical (unpaired) electrons. The molecule has 1 saturated carbocycles. The lowest BCUT2D eigenvalue weighted by Gasteiger charge is -2.18. The molecule has 0 N–H and O–H groups in total. The van der Waals surface area contributed by atoms with Crippen molar-refractivity contribution in [1.29, 1.82) is 0 Å². The van der Waals surface area contributed by atoms with E-state index < -0.39 is 0 Å². The van der Waals surface area contributed by atoms with Crippen LogP contribution in [0.3, 0.4) is 0 Å². The third kappa shape index (κ3) is 13.3. The Bertz CT molecular complexity index is 278. The van der Waals surface area contributed by atoms with Crippen molar-refractivity contribution < 1.29 is 9.53 Å². The molecule has 24 heavy (non-hydrogen) atoms. The van der Waals surface area contributed by atoms with Gasteiger partial charge in [-0.05, 0) is 38.5 Å². The number of alkyl halides is 1. The van der Waals surface area contributed by atoms with E-state index in [-0.39, 0.29) is 12.1 Å². The van der Waals surface area contributed by atoms with Gasteiger partial charge in [0, 0.05) is 11.8 Å². The summed E-state index contributed by atoms with van der Waals surface area (Å²) in [6.45, 7) is 0. The standard InChI is InChI=1S/C21H39BrO2/c22-19-15-11-14-18-21(23)24-20-16-12-9-7-5-3-1-2-4-6-8-10-13-17-20/h20H,1-19H2. The molecule has 0 bridgehead atoms. The van der Waals surface area contributed by atoms with Crippen LogP contribution >= 0.6 is 15.9 Å². The first-order valence-corrected chi connectivity index (χ1v) is 11.7. The van der Waals surface area contributed by atoms with Crippen molar-refractivity contribution in [3.8, 4) is 0 Å². The Hall–Kier alpha value is -0.0500. The van der Waals surface area contributed by atoms with Gasteiger partial charge in [-0.25, -0.2) is 0 Å². The van der Waals surface area contributed by atoms with Crippen LogP contribution in [0.1, 0.15) is 116 Å². The molecule has 0 unspecified atom stereocenters. The number of hydrogen-bond donors (Lipinski definition) is 0. The van der Waals surface area contributed by atoms with Crippen LogP contribution in [0.15, 0.2) is 0 Å². The average molecular weight is 403 g/mol. The molecular weight excluding hydrogens is 364 g/mol. The Balaban J connectivity index is 2.27. The molecule has 1 aliphatic carbocycles. The van der Waals surface area contributed by atoms with E-state index in [0.29, 0.717) is 6.42 Å². The third-order valence-electron chi connectivity index (χ3n) is 5.11. The van der Waals surface area contributed by atoms with Gasteiger partial charge in [-0.1, -0.05) is 86.6 Å². The quantitative estimate of drug-likeness (QED) is 0.264. The van der Waals surface area contributed by atoms with Crippen LogP contribution < -0.4 is 0 Å². The van der Waals surface area contributed by atoms with Crippen LogP contribution in [0.25, 0.3) is 0 Å². The Morgan fingerprint density at radius 2 is 1.17 bits per heavy atom. The van der Waals surface area contributed by atoms with Crippen molar-refractivity contribution in [2.24, 2.45) is 0 Å². The van der Waals surface area contributed by atoms with E-state index in [1.807, 2.05) is 0 Å². The number of rotatable bonds is 6. The van der Waals surface area contributed by atoms with Gasteiger partial charge >= 0.3 is 5.97 Å². The fourth-order valence-corrected chi connectivity index (χ4v) is 3.96. The van der Waals surface area contributed by atoms with Gasteiger partial charge in [0.15, 0.2) is 0 Å². The minimum absolute atomic E-state index is 0.0347. The number of carbonyl (C=O) groups is 1. The first-order valence-electron chi connectivity index (χ1n) is 10.6. The van der Waals surface area contributed by atoms with Gasteiger partial charge in [0.2, 0.25) is 0 Å². The second kappa shape index (κ2) is 16.4. The van der Waals surface area contributed by atoms with Crippen LogP contribution in [-0.4, -0.2) is 17.4 Å². The number of ether oxygens (including phenoxy) is 1. The van der Waals surface area contributed by atoms with Gasteiger partial charge in [0.05, 0.1) is 0 Å². The molecule has 1 aliphatic rings. The summed E-state index contributed by atoms with van der Waals surface area (Å²) in [5.74, 6) is 0.0347. The SMILES string of the molecule is O=C(CCCCCBr)OC1CCCCCCCCCCCCCC1. The predicted octanol–water partition coefficient (Wildman–Crippen LogP) is 7.33. The van der Waals surface area contributed by atoms with E-state index in [4.69, 9.17) is 4.74 Å². The van der Waals surface area contributed by atoms with E-state index in [0.717, 1.165) is 37.4 Å². The van der Waals surface area contributed by atoms with Gasteiger partial charge < -0.3 is 4.74 Å². The first kappa shape index (κ1) is 22.0. The van der Waals surface area contributed by atoms with E-state index >= 15 is 0 Å². The summed E-state index contributed by atoms with van der Waals surface area (Å²) in [6.07, 6.45) is 22.4. The molecule has 0 aliphatic heterocycles. The third-order valence-corrected chi connectivity index (χ3v) is 5.68. The normalized spacial score (nSPS) is 20.0. The summed E-state index contributed by atoms with van der Waals surface area (Å²) in [7, 11) is 0. The molecule has 0 spiro atoms. The molecule has 3 heteroatoms. The highest BCUT2D eigenvalue weighted by Crippen LogP contribution is 2.19.